The zero-order valence-corrected chi connectivity index (χ0v) is 8.72. The summed E-state index contributed by atoms with van der Waals surface area (Å²) in [6, 6.07) is 1.16. The first-order valence-corrected chi connectivity index (χ1v) is 4.39. The van der Waals surface area contributed by atoms with E-state index in [2.05, 4.69) is 0 Å². The van der Waals surface area contributed by atoms with Crippen molar-refractivity contribution >= 4 is 23.3 Å². The predicted molar refractivity (Wildman–Crippen MR) is 54.7 cm³/mol. The lowest BCUT2D eigenvalue weighted by Gasteiger charge is -1.96. The highest BCUT2D eigenvalue weighted by molar-refractivity contribution is 6.21. The Bertz CT molecular complexity index is 467. The maximum Gasteiger partial charge on any atom is 0.314 e. The summed E-state index contributed by atoms with van der Waals surface area (Å²) >= 11 is 0. The van der Waals surface area contributed by atoms with Crippen LogP contribution in [0.25, 0.3) is 6.08 Å². The Balaban J connectivity index is 3.23. The second kappa shape index (κ2) is 4.52. The molecule has 1 rings (SSSR count). The summed E-state index contributed by atoms with van der Waals surface area (Å²) in [6.45, 7) is 2.42. The number of allylic oxidation sites excluding steroid dienone is 1. The van der Waals surface area contributed by atoms with Gasteiger partial charge in [-0.15, -0.1) is 0 Å². The van der Waals surface area contributed by atoms with E-state index in [1.54, 1.807) is 0 Å². The van der Waals surface area contributed by atoms with Gasteiger partial charge in [-0.25, -0.2) is 0 Å². The molecule has 84 valence electrons. The summed E-state index contributed by atoms with van der Waals surface area (Å²) in [5.74, 6) is -1.03. The number of nitrogens with zero attached hydrogens (tertiary/aromatic N) is 1. The number of Topliss-reactive ketones (excluding diaryl/α,β-unsaturated/α-hetero) is 2. The lowest BCUT2D eigenvalue weighted by molar-refractivity contribution is -0.385. The number of ketones is 2. The van der Waals surface area contributed by atoms with E-state index >= 15 is 0 Å². The van der Waals surface area contributed by atoms with Crippen molar-refractivity contribution in [3.8, 4) is 0 Å². The molecule has 0 unspecified atom stereocenters. The van der Waals surface area contributed by atoms with Crippen molar-refractivity contribution in [3.05, 3.63) is 33.8 Å². The van der Waals surface area contributed by atoms with Crippen molar-refractivity contribution in [3.63, 3.8) is 0 Å². The van der Waals surface area contributed by atoms with E-state index < -0.39 is 16.5 Å². The molecular formula is C10H9NO5. The summed E-state index contributed by atoms with van der Waals surface area (Å²) in [7, 11) is 0. The molecular weight excluding hydrogens is 214 g/mol. The van der Waals surface area contributed by atoms with Crippen LogP contribution in [0.3, 0.4) is 0 Å². The smallest absolute Gasteiger partial charge is 0.314 e. The topological polar surface area (TPSA) is 90.4 Å². The van der Waals surface area contributed by atoms with Gasteiger partial charge in [0.2, 0.25) is 5.76 Å². The fourth-order valence-electron chi connectivity index (χ4n) is 1.16. The van der Waals surface area contributed by atoms with Crippen LogP contribution in [0.5, 0.6) is 0 Å². The zero-order valence-electron chi connectivity index (χ0n) is 8.72. The number of nitro groups is 1. The molecule has 0 aromatic carbocycles. The molecule has 0 radical (unpaired) electrons. The van der Waals surface area contributed by atoms with Gasteiger partial charge in [-0.05, 0) is 13.8 Å². The number of hydrogen-bond acceptors (Lipinski definition) is 5. The summed E-state index contributed by atoms with van der Waals surface area (Å²) in [5.41, 5.74) is -0.405. The van der Waals surface area contributed by atoms with Gasteiger partial charge in [0, 0.05) is 6.08 Å². The standard InChI is InChI=1S/C10H9NO5/c1-6(12)8(7(2)13)5-10-9(11(14)15)3-4-16-10/h3-5H,1-2H3. The van der Waals surface area contributed by atoms with Crippen molar-refractivity contribution in [2.45, 2.75) is 13.8 Å². The molecule has 0 N–H and O–H groups in total. The van der Waals surface area contributed by atoms with Gasteiger partial charge in [0.05, 0.1) is 22.8 Å². The highest BCUT2D eigenvalue weighted by Crippen LogP contribution is 2.22. The molecule has 1 heterocycles. The Labute approximate surface area is 90.7 Å². The van der Waals surface area contributed by atoms with Gasteiger partial charge in [0.1, 0.15) is 0 Å². The van der Waals surface area contributed by atoms with Crippen LogP contribution in [-0.2, 0) is 9.59 Å². The molecule has 0 saturated carbocycles. The van der Waals surface area contributed by atoms with E-state index in [-0.39, 0.29) is 17.0 Å². The number of carbonyl (C=O) groups excluding carboxylic acids is 2. The monoisotopic (exact) mass is 223 g/mol. The van der Waals surface area contributed by atoms with Crippen LogP contribution in [-0.4, -0.2) is 16.5 Å². The minimum absolute atomic E-state index is 0.106. The van der Waals surface area contributed by atoms with E-state index in [1.807, 2.05) is 0 Å². The number of rotatable bonds is 4. The highest BCUT2D eigenvalue weighted by Gasteiger charge is 2.18. The molecule has 0 aliphatic heterocycles. The molecule has 0 aliphatic carbocycles. The molecule has 1 aromatic heterocycles. The van der Waals surface area contributed by atoms with E-state index in [1.165, 1.54) is 13.8 Å². The van der Waals surface area contributed by atoms with Crippen LogP contribution in [0.4, 0.5) is 5.69 Å². The maximum atomic E-state index is 11.1. The van der Waals surface area contributed by atoms with E-state index in [0.29, 0.717) is 0 Å². The van der Waals surface area contributed by atoms with Gasteiger partial charge >= 0.3 is 5.69 Å². The molecule has 0 fully saturated rings. The van der Waals surface area contributed by atoms with Gasteiger partial charge in [-0.2, -0.15) is 0 Å². The van der Waals surface area contributed by atoms with Crippen LogP contribution in [0.1, 0.15) is 19.6 Å². The summed E-state index contributed by atoms with van der Waals surface area (Å²) in [4.78, 5) is 32.1. The third kappa shape index (κ3) is 2.41. The van der Waals surface area contributed by atoms with Gasteiger partial charge in [-0.1, -0.05) is 0 Å². The minimum Gasteiger partial charge on any atom is -0.457 e. The maximum absolute atomic E-state index is 11.1. The van der Waals surface area contributed by atoms with Gasteiger partial charge < -0.3 is 4.42 Å². The van der Waals surface area contributed by atoms with E-state index in [9.17, 15) is 19.7 Å². The third-order valence-electron chi connectivity index (χ3n) is 1.90. The lowest BCUT2D eigenvalue weighted by atomic mass is 10.1. The Hall–Kier alpha value is -2.24. The highest BCUT2D eigenvalue weighted by atomic mass is 16.6. The quantitative estimate of drug-likeness (QED) is 0.255. The fourth-order valence-corrected chi connectivity index (χ4v) is 1.16. The third-order valence-corrected chi connectivity index (χ3v) is 1.90. The Morgan fingerprint density at radius 3 is 2.38 bits per heavy atom. The fraction of sp³-hybridized carbons (Fsp3) is 0.200. The van der Waals surface area contributed by atoms with Crippen LogP contribution >= 0.6 is 0 Å². The second-order valence-electron chi connectivity index (χ2n) is 3.10. The van der Waals surface area contributed by atoms with E-state index in [4.69, 9.17) is 4.42 Å². The predicted octanol–water partition coefficient (Wildman–Crippen LogP) is 1.75. The Morgan fingerprint density at radius 2 is 1.94 bits per heavy atom. The molecule has 16 heavy (non-hydrogen) atoms. The van der Waals surface area contributed by atoms with Crippen LogP contribution in [0, 0.1) is 10.1 Å². The number of carbonyl (C=O) groups is 2. The van der Waals surface area contributed by atoms with Crippen LogP contribution in [0.15, 0.2) is 22.3 Å². The molecule has 6 heteroatoms. The Morgan fingerprint density at radius 1 is 1.38 bits per heavy atom. The average molecular weight is 223 g/mol. The number of hydrogen-bond donors (Lipinski definition) is 0. The molecule has 0 spiro atoms. The first-order valence-electron chi connectivity index (χ1n) is 4.39. The molecule has 0 aliphatic rings. The van der Waals surface area contributed by atoms with Crippen molar-refractivity contribution in [1.29, 1.82) is 0 Å². The van der Waals surface area contributed by atoms with Gasteiger partial charge in [0.15, 0.2) is 11.6 Å². The van der Waals surface area contributed by atoms with Gasteiger partial charge in [-0.3, -0.25) is 19.7 Å². The lowest BCUT2D eigenvalue weighted by Crippen LogP contribution is -2.05. The summed E-state index contributed by atoms with van der Waals surface area (Å²) in [6.07, 6.45) is 2.21. The molecule has 0 atom stereocenters. The largest absolute Gasteiger partial charge is 0.457 e. The number of furan rings is 1. The van der Waals surface area contributed by atoms with Crippen molar-refractivity contribution < 1.29 is 18.9 Å². The molecule has 0 saturated heterocycles. The van der Waals surface area contributed by atoms with Crippen LogP contribution < -0.4 is 0 Å². The van der Waals surface area contributed by atoms with Gasteiger partial charge in [0.25, 0.3) is 0 Å². The van der Waals surface area contributed by atoms with Crippen molar-refractivity contribution in [2.24, 2.45) is 0 Å². The van der Waals surface area contributed by atoms with Crippen molar-refractivity contribution in [1.82, 2.24) is 0 Å². The molecule has 6 nitrogen and oxygen atoms in total. The van der Waals surface area contributed by atoms with E-state index in [0.717, 1.165) is 18.4 Å². The summed E-state index contributed by atoms with van der Waals surface area (Å²) in [5, 5.41) is 10.6. The Kier molecular flexibility index (Phi) is 3.34. The molecule has 0 amide bonds. The molecule has 0 bridgehead atoms. The summed E-state index contributed by atoms with van der Waals surface area (Å²) < 4.78 is 4.83. The van der Waals surface area contributed by atoms with Crippen LogP contribution in [0.2, 0.25) is 0 Å². The molecule has 1 aromatic rings. The first kappa shape index (κ1) is 11.8. The SMILES string of the molecule is CC(=O)C(=Cc1occc1[N+](=O)[O-])C(C)=O. The first-order chi connectivity index (χ1) is 7.43. The minimum atomic E-state index is -0.646. The normalized spacial score (nSPS) is 9.62. The average Bonchev–Trinajstić information content (AvgIpc) is 2.60. The zero-order chi connectivity index (χ0) is 12.3. The second-order valence-corrected chi connectivity index (χ2v) is 3.10. The van der Waals surface area contributed by atoms with Crippen molar-refractivity contribution in [2.75, 3.05) is 0 Å².